The van der Waals surface area contributed by atoms with Crippen molar-refractivity contribution in [1.29, 1.82) is 0 Å². The molecule has 0 aliphatic heterocycles. The Bertz CT molecular complexity index is 808. The summed E-state index contributed by atoms with van der Waals surface area (Å²) in [4.78, 5) is 12.1. The van der Waals surface area contributed by atoms with E-state index in [9.17, 15) is 4.79 Å². The first-order valence-corrected chi connectivity index (χ1v) is 9.45. The van der Waals surface area contributed by atoms with Crippen LogP contribution >= 0.6 is 0 Å². The quantitative estimate of drug-likeness (QED) is 0.355. The number of nitrogens with one attached hydrogen (secondary N) is 1. The molecule has 0 saturated heterocycles. The number of hydrogen-bond donors (Lipinski definition) is 1. The molecule has 3 aromatic rings. The van der Waals surface area contributed by atoms with E-state index in [1.165, 1.54) is 0 Å². The Morgan fingerprint density at radius 2 is 1.21 bits per heavy atom. The second-order valence-corrected chi connectivity index (χ2v) is 6.53. The topological polar surface area (TPSA) is 38.3 Å². The molecule has 1 N–H and O–H groups in total. The van der Waals surface area contributed by atoms with Gasteiger partial charge in [-0.3, -0.25) is 5.32 Å². The Hall–Kier alpha value is -3.17. The lowest BCUT2D eigenvalue weighted by molar-refractivity contribution is -0.138. The summed E-state index contributed by atoms with van der Waals surface area (Å²) < 4.78 is 5.11. The minimum Gasteiger partial charge on any atom is -0.463 e. The van der Waals surface area contributed by atoms with Crippen LogP contribution in [0.2, 0.25) is 0 Å². The Balaban J connectivity index is 2.11. The summed E-state index contributed by atoms with van der Waals surface area (Å²) in [5.74, 6) is -0.377. The summed E-state index contributed by atoms with van der Waals surface area (Å²) in [7, 11) is 0. The Labute approximate surface area is 166 Å². The summed E-state index contributed by atoms with van der Waals surface area (Å²) in [5.41, 5.74) is 3.03. The van der Waals surface area contributed by atoms with Crippen molar-refractivity contribution >= 4 is 5.97 Å². The van der Waals surface area contributed by atoms with Crippen molar-refractivity contribution in [2.45, 2.75) is 12.5 Å². The van der Waals surface area contributed by atoms with Crippen LogP contribution in [-0.4, -0.2) is 19.1 Å². The molecule has 0 fully saturated rings. The number of carbonyl (C=O) groups excluding carboxylic acids is 1. The van der Waals surface area contributed by atoms with Gasteiger partial charge in [0.2, 0.25) is 0 Å². The highest BCUT2D eigenvalue weighted by Crippen LogP contribution is 2.36. The molecule has 0 unspecified atom stereocenters. The van der Waals surface area contributed by atoms with Crippen molar-refractivity contribution in [3.8, 4) is 0 Å². The molecule has 0 bridgehead atoms. The lowest BCUT2D eigenvalue weighted by Crippen LogP contribution is -2.46. The van der Waals surface area contributed by atoms with Gasteiger partial charge in [0.1, 0.15) is 0 Å². The maximum atomic E-state index is 12.1. The van der Waals surface area contributed by atoms with Crippen LogP contribution in [0, 0.1) is 0 Å². The van der Waals surface area contributed by atoms with E-state index in [-0.39, 0.29) is 5.97 Å². The monoisotopic (exact) mass is 371 g/mol. The van der Waals surface area contributed by atoms with Gasteiger partial charge in [-0.2, -0.15) is 0 Å². The van der Waals surface area contributed by atoms with Gasteiger partial charge in [0.05, 0.1) is 12.1 Å². The second-order valence-electron chi connectivity index (χ2n) is 6.53. The van der Waals surface area contributed by atoms with Gasteiger partial charge in [-0.05, 0) is 23.6 Å². The van der Waals surface area contributed by atoms with E-state index in [0.29, 0.717) is 18.7 Å². The highest BCUT2D eigenvalue weighted by molar-refractivity contribution is 5.88. The molecule has 0 spiro atoms. The van der Waals surface area contributed by atoms with E-state index in [0.717, 1.165) is 16.7 Å². The molecule has 3 aromatic carbocycles. The molecule has 142 valence electrons. The fraction of sp³-hybridized carbons (Fsp3) is 0.160. The molecule has 0 amide bonds. The van der Waals surface area contributed by atoms with E-state index < -0.39 is 5.54 Å². The van der Waals surface area contributed by atoms with Gasteiger partial charge in [-0.15, -0.1) is 0 Å². The molecule has 3 rings (SSSR count). The number of esters is 1. The highest BCUT2D eigenvalue weighted by atomic mass is 16.5. The standard InChI is InChI=1S/C25H25NO2/c1-3-28-24(27)20(2)19-26-25(21-13-7-4-8-14-21,22-15-9-5-10-16-22)23-17-11-6-12-18-23/h4-18,26H,2-3,19H2,1H3. The Morgan fingerprint density at radius 3 is 1.57 bits per heavy atom. The van der Waals surface area contributed by atoms with Crippen molar-refractivity contribution in [2.75, 3.05) is 13.2 Å². The molecular formula is C25H25NO2. The molecule has 0 heterocycles. The van der Waals surface area contributed by atoms with E-state index in [4.69, 9.17) is 4.74 Å². The molecule has 0 atom stereocenters. The zero-order valence-corrected chi connectivity index (χ0v) is 16.1. The van der Waals surface area contributed by atoms with Crippen LogP contribution in [-0.2, 0) is 15.1 Å². The second kappa shape index (κ2) is 9.16. The van der Waals surface area contributed by atoms with E-state index in [1.807, 2.05) is 54.6 Å². The SMILES string of the molecule is C=C(CNC(c1ccccc1)(c1ccccc1)c1ccccc1)C(=O)OCC. The summed E-state index contributed by atoms with van der Waals surface area (Å²) in [6.45, 7) is 6.35. The number of rotatable bonds is 8. The molecule has 0 aliphatic carbocycles. The predicted molar refractivity (Wildman–Crippen MR) is 113 cm³/mol. The summed E-state index contributed by atoms with van der Waals surface area (Å²) >= 11 is 0. The number of hydrogen-bond acceptors (Lipinski definition) is 3. The van der Waals surface area contributed by atoms with Gasteiger partial charge in [0.25, 0.3) is 0 Å². The van der Waals surface area contributed by atoms with Crippen molar-refractivity contribution in [3.05, 3.63) is 120 Å². The summed E-state index contributed by atoms with van der Waals surface area (Å²) in [5, 5.41) is 3.62. The van der Waals surface area contributed by atoms with Gasteiger partial charge in [-0.25, -0.2) is 4.79 Å². The van der Waals surface area contributed by atoms with Crippen LogP contribution in [0.15, 0.2) is 103 Å². The third kappa shape index (κ3) is 4.05. The lowest BCUT2D eigenvalue weighted by Gasteiger charge is -2.37. The molecule has 3 nitrogen and oxygen atoms in total. The largest absolute Gasteiger partial charge is 0.463 e. The van der Waals surface area contributed by atoms with Crippen LogP contribution in [0.4, 0.5) is 0 Å². The third-order valence-corrected chi connectivity index (χ3v) is 4.75. The average Bonchev–Trinajstić information content (AvgIpc) is 2.76. The van der Waals surface area contributed by atoms with Crippen LogP contribution in [0.25, 0.3) is 0 Å². The molecule has 0 saturated carbocycles. The van der Waals surface area contributed by atoms with Gasteiger partial charge in [0.15, 0.2) is 0 Å². The van der Waals surface area contributed by atoms with Crippen molar-refractivity contribution in [3.63, 3.8) is 0 Å². The maximum absolute atomic E-state index is 12.1. The molecule has 0 aromatic heterocycles. The Kier molecular flexibility index (Phi) is 6.41. The van der Waals surface area contributed by atoms with Crippen LogP contribution in [0.5, 0.6) is 0 Å². The first-order valence-electron chi connectivity index (χ1n) is 9.45. The van der Waals surface area contributed by atoms with Gasteiger partial charge >= 0.3 is 5.97 Å². The fourth-order valence-corrected chi connectivity index (χ4v) is 3.42. The fourth-order valence-electron chi connectivity index (χ4n) is 3.42. The van der Waals surface area contributed by atoms with Crippen LogP contribution in [0.3, 0.4) is 0 Å². The number of benzene rings is 3. The molecule has 0 radical (unpaired) electrons. The van der Waals surface area contributed by atoms with Gasteiger partial charge < -0.3 is 4.74 Å². The van der Waals surface area contributed by atoms with E-state index in [2.05, 4.69) is 48.3 Å². The van der Waals surface area contributed by atoms with E-state index in [1.54, 1.807) is 6.92 Å². The molecule has 0 aliphatic rings. The molecular weight excluding hydrogens is 346 g/mol. The summed E-state index contributed by atoms with van der Waals surface area (Å²) in [6.07, 6.45) is 0. The molecule has 28 heavy (non-hydrogen) atoms. The van der Waals surface area contributed by atoms with Gasteiger partial charge in [-0.1, -0.05) is 97.6 Å². The smallest absolute Gasteiger partial charge is 0.334 e. The summed E-state index contributed by atoms with van der Waals surface area (Å²) in [6, 6.07) is 30.7. The molecule has 3 heteroatoms. The van der Waals surface area contributed by atoms with Crippen molar-refractivity contribution in [1.82, 2.24) is 5.32 Å². The third-order valence-electron chi connectivity index (χ3n) is 4.75. The zero-order chi connectivity index (χ0) is 19.8. The first kappa shape index (κ1) is 19.6. The van der Waals surface area contributed by atoms with E-state index >= 15 is 0 Å². The van der Waals surface area contributed by atoms with Crippen LogP contribution < -0.4 is 5.32 Å². The average molecular weight is 371 g/mol. The minimum absolute atomic E-state index is 0.303. The zero-order valence-electron chi connectivity index (χ0n) is 16.1. The minimum atomic E-state index is -0.626. The van der Waals surface area contributed by atoms with Gasteiger partial charge in [0, 0.05) is 12.1 Å². The number of carbonyl (C=O) groups is 1. The Morgan fingerprint density at radius 1 is 0.821 bits per heavy atom. The highest BCUT2D eigenvalue weighted by Gasteiger charge is 2.36. The first-order chi connectivity index (χ1) is 13.7. The lowest BCUT2D eigenvalue weighted by atomic mass is 9.77. The van der Waals surface area contributed by atoms with Crippen molar-refractivity contribution in [2.24, 2.45) is 0 Å². The maximum Gasteiger partial charge on any atom is 0.334 e. The van der Waals surface area contributed by atoms with Crippen molar-refractivity contribution < 1.29 is 9.53 Å². The van der Waals surface area contributed by atoms with Crippen LogP contribution in [0.1, 0.15) is 23.6 Å². The number of ether oxygens (including phenoxy) is 1. The predicted octanol–water partition coefficient (Wildman–Crippen LogP) is 4.69. The normalized spacial score (nSPS) is 11.0.